The minimum Gasteiger partial charge on any atom is -0.344 e. The first kappa shape index (κ1) is 6.69. The highest BCUT2D eigenvalue weighted by atomic mass is 31.0. The van der Waals surface area contributed by atoms with E-state index in [-0.39, 0.29) is 11.9 Å². The van der Waals surface area contributed by atoms with Crippen LogP contribution < -0.4 is 0 Å². The second-order valence-electron chi connectivity index (χ2n) is 2.19. The van der Waals surface area contributed by atoms with E-state index in [2.05, 4.69) is 13.8 Å². The molecule has 1 atom stereocenters. The molecule has 9 heavy (non-hydrogen) atoms. The fraction of sp³-hybridized carbons (Fsp3) is 0.800. The van der Waals surface area contributed by atoms with Gasteiger partial charge < -0.3 is 4.90 Å². The monoisotopic (exact) mass is 144 g/mol. The molecule has 0 aromatic heterocycles. The van der Waals surface area contributed by atoms with E-state index in [1.165, 1.54) is 0 Å². The van der Waals surface area contributed by atoms with Gasteiger partial charge in [0.15, 0.2) is 0 Å². The van der Waals surface area contributed by atoms with Crippen molar-refractivity contribution in [3.05, 3.63) is 0 Å². The number of hydrogen-bond acceptors (Lipinski definition) is 2. The van der Waals surface area contributed by atoms with Crippen LogP contribution in [0, 0.1) is 0 Å². The maximum absolute atomic E-state index is 10.9. The quantitative estimate of drug-likeness (QED) is 0.494. The maximum Gasteiger partial charge on any atom is 0.247 e. The summed E-state index contributed by atoms with van der Waals surface area (Å²) in [6, 6.07) is -0.133. The average Bonchev–Trinajstić information content (AvgIpc) is 2.15. The highest BCUT2D eigenvalue weighted by Gasteiger charge is 2.27. The van der Waals surface area contributed by atoms with Crippen LogP contribution in [0.25, 0.3) is 0 Å². The second kappa shape index (κ2) is 2.44. The molecule has 0 aromatic rings. The van der Waals surface area contributed by atoms with Gasteiger partial charge in [-0.05, 0) is 15.5 Å². The van der Waals surface area contributed by atoms with E-state index in [0.29, 0.717) is 0 Å². The second-order valence-corrected chi connectivity index (χ2v) is 2.45. The first-order chi connectivity index (χ1) is 4.25. The third-order valence-corrected chi connectivity index (χ3v) is 1.87. The fourth-order valence-corrected chi connectivity index (χ4v) is 1.16. The van der Waals surface area contributed by atoms with Crippen LogP contribution >= 0.6 is 9.03 Å². The highest BCUT2D eigenvalue weighted by Crippen LogP contribution is 2.12. The van der Waals surface area contributed by atoms with Gasteiger partial charge in [0.25, 0.3) is 0 Å². The van der Waals surface area contributed by atoms with Gasteiger partial charge in [-0.3, -0.25) is 9.54 Å². The number of amides is 1. The van der Waals surface area contributed by atoms with Crippen molar-refractivity contribution in [1.29, 1.82) is 0 Å². The molecule has 1 aliphatic rings. The fourth-order valence-electron chi connectivity index (χ4n) is 0.924. The Kier molecular flexibility index (Phi) is 1.81. The maximum atomic E-state index is 10.9. The Balaban J connectivity index is 2.61. The van der Waals surface area contributed by atoms with Crippen molar-refractivity contribution in [3.63, 3.8) is 0 Å². The number of likely N-dealkylation sites (N-methyl/N-ethyl adjacent to an activating group) is 1. The molecular weight excluding hydrogens is 135 g/mol. The minimum atomic E-state index is -0.133. The summed E-state index contributed by atoms with van der Waals surface area (Å²) in [6.45, 7) is 0.831. The molecule has 1 fully saturated rings. The van der Waals surface area contributed by atoms with Crippen LogP contribution in [0.4, 0.5) is 0 Å². The zero-order chi connectivity index (χ0) is 6.85. The van der Waals surface area contributed by atoms with Gasteiger partial charge in [0.2, 0.25) is 5.91 Å². The Morgan fingerprint density at radius 3 is 2.78 bits per heavy atom. The third-order valence-electron chi connectivity index (χ3n) is 1.56. The van der Waals surface area contributed by atoms with E-state index >= 15 is 0 Å². The van der Waals surface area contributed by atoms with Crippen molar-refractivity contribution in [1.82, 2.24) is 4.90 Å². The summed E-state index contributed by atoms with van der Waals surface area (Å²) in [5.41, 5.74) is 0. The SMILES string of the molecule is CN1CCC(N=P)C1=O. The Labute approximate surface area is 56.3 Å². The van der Waals surface area contributed by atoms with Crippen LogP contribution in [0.5, 0.6) is 0 Å². The summed E-state index contributed by atoms with van der Waals surface area (Å²) in [4.78, 5) is 12.6. The predicted octanol–water partition coefficient (Wildman–Crippen LogP) is 0.543. The molecule has 0 aliphatic carbocycles. The molecule has 1 saturated heterocycles. The van der Waals surface area contributed by atoms with Gasteiger partial charge >= 0.3 is 0 Å². The Bertz CT molecular complexity index is 148. The van der Waals surface area contributed by atoms with Gasteiger partial charge in [0, 0.05) is 13.6 Å². The first-order valence-electron chi connectivity index (χ1n) is 2.87. The Hall–Kier alpha value is -0.430. The number of hydrogen-bond donors (Lipinski definition) is 0. The molecule has 1 rings (SSSR count). The normalized spacial score (nSPS) is 27.0. The van der Waals surface area contributed by atoms with E-state index in [1.54, 1.807) is 11.9 Å². The molecule has 0 saturated carbocycles. The Morgan fingerprint density at radius 1 is 1.89 bits per heavy atom. The van der Waals surface area contributed by atoms with Crippen molar-refractivity contribution in [2.45, 2.75) is 12.5 Å². The largest absolute Gasteiger partial charge is 0.344 e. The lowest BCUT2D eigenvalue weighted by molar-refractivity contribution is -0.127. The van der Waals surface area contributed by atoms with E-state index < -0.39 is 0 Å². The van der Waals surface area contributed by atoms with E-state index in [4.69, 9.17) is 0 Å². The van der Waals surface area contributed by atoms with E-state index in [0.717, 1.165) is 13.0 Å². The summed E-state index contributed by atoms with van der Waals surface area (Å²) >= 11 is 0. The molecule has 0 N–H and O–H groups in total. The van der Waals surface area contributed by atoms with Gasteiger partial charge in [-0.1, -0.05) is 0 Å². The van der Waals surface area contributed by atoms with Crippen molar-refractivity contribution in [2.24, 2.45) is 4.74 Å². The topological polar surface area (TPSA) is 32.7 Å². The zero-order valence-corrected chi connectivity index (χ0v) is 6.29. The van der Waals surface area contributed by atoms with Crippen molar-refractivity contribution >= 4 is 14.9 Å². The lowest BCUT2D eigenvalue weighted by atomic mass is 10.3. The molecule has 0 radical (unpaired) electrons. The van der Waals surface area contributed by atoms with Crippen molar-refractivity contribution in [2.75, 3.05) is 13.6 Å². The minimum absolute atomic E-state index is 0.116. The standard InChI is InChI=1S/C5H9N2OP/c1-7-3-2-4(6-9)5(7)8/h4,9H,2-3H2,1H3. The molecule has 1 unspecified atom stereocenters. The molecule has 0 bridgehead atoms. The molecule has 50 valence electrons. The number of rotatable bonds is 1. The average molecular weight is 144 g/mol. The lowest BCUT2D eigenvalue weighted by Crippen LogP contribution is -2.23. The van der Waals surface area contributed by atoms with Gasteiger partial charge in [0.1, 0.15) is 6.04 Å². The number of carbonyl (C=O) groups excluding carboxylic acids is 1. The molecular formula is C5H9N2OP. The summed E-state index contributed by atoms with van der Waals surface area (Å²) in [5.74, 6) is 0.116. The first-order valence-corrected chi connectivity index (χ1v) is 3.32. The number of carbonyl (C=O) groups is 1. The molecule has 0 aromatic carbocycles. The lowest BCUT2D eigenvalue weighted by Gasteiger charge is -2.05. The molecule has 3 nitrogen and oxygen atoms in total. The summed E-state index contributed by atoms with van der Waals surface area (Å²) in [5, 5.41) is 0. The summed E-state index contributed by atoms with van der Waals surface area (Å²) < 4.78 is 3.73. The Morgan fingerprint density at radius 2 is 2.56 bits per heavy atom. The smallest absolute Gasteiger partial charge is 0.247 e. The van der Waals surface area contributed by atoms with Crippen molar-refractivity contribution < 1.29 is 4.79 Å². The van der Waals surface area contributed by atoms with Gasteiger partial charge in [-0.15, -0.1) is 0 Å². The van der Waals surface area contributed by atoms with Gasteiger partial charge in [0.05, 0.1) is 0 Å². The van der Waals surface area contributed by atoms with Gasteiger partial charge in [-0.25, -0.2) is 0 Å². The highest BCUT2D eigenvalue weighted by molar-refractivity contribution is 7.04. The summed E-state index contributed by atoms with van der Waals surface area (Å²) in [6.07, 6.45) is 0.846. The van der Waals surface area contributed by atoms with Gasteiger partial charge in [-0.2, -0.15) is 0 Å². The molecule has 4 heteroatoms. The van der Waals surface area contributed by atoms with Crippen LogP contribution in [-0.2, 0) is 4.79 Å². The van der Waals surface area contributed by atoms with E-state index in [9.17, 15) is 4.79 Å². The van der Waals surface area contributed by atoms with Crippen molar-refractivity contribution in [3.8, 4) is 0 Å². The molecule has 1 heterocycles. The number of nitrogens with zero attached hydrogens (tertiary/aromatic N) is 2. The zero-order valence-electron chi connectivity index (χ0n) is 5.29. The van der Waals surface area contributed by atoms with Crippen LogP contribution in [-0.4, -0.2) is 30.4 Å². The van der Waals surface area contributed by atoms with Crippen LogP contribution in [0.2, 0.25) is 0 Å². The molecule has 1 amide bonds. The molecule has 0 spiro atoms. The van der Waals surface area contributed by atoms with Crippen LogP contribution in [0.15, 0.2) is 4.74 Å². The third kappa shape index (κ3) is 1.11. The van der Waals surface area contributed by atoms with Crippen LogP contribution in [0.3, 0.4) is 0 Å². The number of likely N-dealkylation sites (tertiary alicyclic amines) is 1. The summed E-state index contributed by atoms with van der Waals surface area (Å²) in [7, 11) is 4.76. The molecule has 1 aliphatic heterocycles. The van der Waals surface area contributed by atoms with E-state index in [1.807, 2.05) is 0 Å². The predicted molar refractivity (Wildman–Crippen MR) is 36.8 cm³/mol. The van der Waals surface area contributed by atoms with Crippen LogP contribution in [0.1, 0.15) is 6.42 Å².